The number of nitrogens with zero attached hydrogens (tertiary/aromatic N) is 2. The van der Waals surface area contributed by atoms with Crippen LogP contribution in [0.3, 0.4) is 0 Å². The minimum absolute atomic E-state index is 0.00834. The van der Waals surface area contributed by atoms with Crippen molar-refractivity contribution in [2.75, 3.05) is 26.1 Å². The summed E-state index contributed by atoms with van der Waals surface area (Å²) in [6.07, 6.45) is 0.842. The molecule has 0 aliphatic rings. The molecule has 0 aliphatic heterocycles. The molecule has 1 aromatic carbocycles. The zero-order valence-electron chi connectivity index (χ0n) is 19.9. The summed E-state index contributed by atoms with van der Waals surface area (Å²) < 4.78 is 10.4. The summed E-state index contributed by atoms with van der Waals surface area (Å²) in [7, 11) is 3.04. The topological polar surface area (TPSA) is 92.8 Å². The van der Waals surface area contributed by atoms with Crippen LogP contribution in [0.15, 0.2) is 23.6 Å². The molecule has 176 valence electrons. The zero-order valence-corrected chi connectivity index (χ0v) is 20.7. The van der Waals surface area contributed by atoms with E-state index >= 15 is 0 Å². The van der Waals surface area contributed by atoms with Crippen LogP contribution in [-0.4, -0.2) is 60.6 Å². The maximum atomic E-state index is 12.6. The number of methoxy groups -OCH3 is 2. The van der Waals surface area contributed by atoms with E-state index in [1.807, 2.05) is 6.92 Å². The summed E-state index contributed by atoms with van der Waals surface area (Å²) >= 11 is 1.20. The van der Waals surface area contributed by atoms with Gasteiger partial charge in [0.05, 0.1) is 14.2 Å². The second-order valence-electron chi connectivity index (χ2n) is 8.15. The fraction of sp³-hybridized carbons (Fsp3) is 0.522. The van der Waals surface area contributed by atoms with Crippen LogP contribution in [0.25, 0.3) is 0 Å². The number of benzene rings is 1. The molecule has 1 aromatic heterocycles. The Labute approximate surface area is 194 Å². The van der Waals surface area contributed by atoms with Crippen LogP contribution in [-0.2, 0) is 0 Å². The maximum absolute atomic E-state index is 12.6. The second kappa shape index (κ2) is 11.8. The molecule has 0 saturated carbocycles. The van der Waals surface area contributed by atoms with E-state index in [-0.39, 0.29) is 23.6 Å². The van der Waals surface area contributed by atoms with Crippen LogP contribution in [0.1, 0.15) is 61.9 Å². The number of nitrogens with one attached hydrogen (secondary N) is 2. The molecule has 2 N–H and O–H groups in total. The van der Waals surface area contributed by atoms with Gasteiger partial charge in [-0.25, -0.2) is 4.98 Å². The van der Waals surface area contributed by atoms with Gasteiger partial charge in [0, 0.05) is 35.6 Å². The second-order valence-corrected chi connectivity index (χ2v) is 9.01. The third kappa shape index (κ3) is 6.93. The summed E-state index contributed by atoms with van der Waals surface area (Å²) in [5, 5.41) is 7.71. The Balaban J connectivity index is 1.94. The number of rotatable bonds is 11. The Morgan fingerprint density at radius 1 is 1.03 bits per heavy atom. The van der Waals surface area contributed by atoms with Crippen molar-refractivity contribution in [3.63, 3.8) is 0 Å². The number of ether oxygens (including phenoxy) is 2. The Bertz CT molecular complexity index is 905. The quantitative estimate of drug-likeness (QED) is 0.524. The van der Waals surface area contributed by atoms with E-state index < -0.39 is 0 Å². The highest BCUT2D eigenvalue weighted by Gasteiger charge is 2.18. The van der Waals surface area contributed by atoms with Gasteiger partial charge in [0.1, 0.15) is 5.69 Å². The highest BCUT2D eigenvalue weighted by atomic mass is 32.1. The Morgan fingerprint density at radius 3 is 2.28 bits per heavy atom. The van der Waals surface area contributed by atoms with Crippen molar-refractivity contribution in [3.05, 3.63) is 34.8 Å². The van der Waals surface area contributed by atoms with Crippen molar-refractivity contribution in [1.29, 1.82) is 0 Å². The fourth-order valence-electron chi connectivity index (χ4n) is 3.41. The highest BCUT2D eigenvalue weighted by Crippen LogP contribution is 2.28. The lowest BCUT2D eigenvalue weighted by Gasteiger charge is -2.31. The first-order chi connectivity index (χ1) is 15.2. The molecule has 8 nitrogen and oxygen atoms in total. The van der Waals surface area contributed by atoms with Crippen LogP contribution in [0, 0.1) is 0 Å². The van der Waals surface area contributed by atoms with Crippen molar-refractivity contribution in [3.8, 4) is 11.5 Å². The van der Waals surface area contributed by atoms with Gasteiger partial charge in [-0.3, -0.25) is 19.8 Å². The van der Waals surface area contributed by atoms with Crippen molar-refractivity contribution in [1.82, 2.24) is 15.2 Å². The van der Waals surface area contributed by atoms with Gasteiger partial charge >= 0.3 is 0 Å². The lowest BCUT2D eigenvalue weighted by molar-refractivity contribution is 0.0925. The number of thiazole rings is 1. The molecule has 0 bridgehead atoms. The zero-order chi connectivity index (χ0) is 23.8. The van der Waals surface area contributed by atoms with E-state index in [9.17, 15) is 9.59 Å². The molecule has 1 atom stereocenters. The van der Waals surface area contributed by atoms with Gasteiger partial charge in [0.2, 0.25) is 0 Å². The van der Waals surface area contributed by atoms with Crippen LogP contribution in [0.4, 0.5) is 5.13 Å². The summed E-state index contributed by atoms with van der Waals surface area (Å²) in [5.74, 6) is 0.405. The minimum Gasteiger partial charge on any atom is -0.493 e. The van der Waals surface area contributed by atoms with Gasteiger partial charge in [-0.15, -0.1) is 11.3 Å². The lowest BCUT2D eigenvalue weighted by atomic mass is 10.1. The Hall–Kier alpha value is -2.65. The first-order valence-corrected chi connectivity index (χ1v) is 11.6. The number of hydrogen-bond acceptors (Lipinski definition) is 7. The lowest BCUT2D eigenvalue weighted by Crippen LogP contribution is -2.41. The molecule has 0 radical (unpaired) electrons. The first kappa shape index (κ1) is 25.6. The van der Waals surface area contributed by atoms with Crippen molar-refractivity contribution in [2.45, 2.75) is 59.2 Å². The van der Waals surface area contributed by atoms with E-state index in [1.54, 1.807) is 23.6 Å². The smallest absolute Gasteiger partial charge is 0.271 e. The van der Waals surface area contributed by atoms with Gasteiger partial charge in [0.15, 0.2) is 16.6 Å². The molecule has 2 aromatic rings. The molecule has 1 heterocycles. The number of amides is 2. The molecular formula is C23H34N4O4S. The van der Waals surface area contributed by atoms with Gasteiger partial charge in [0.25, 0.3) is 11.8 Å². The first-order valence-electron chi connectivity index (χ1n) is 10.7. The molecule has 0 spiro atoms. The van der Waals surface area contributed by atoms with E-state index in [2.05, 4.69) is 48.2 Å². The number of anilines is 1. The number of aromatic nitrogens is 1. The van der Waals surface area contributed by atoms with E-state index in [0.717, 1.165) is 13.0 Å². The monoisotopic (exact) mass is 462 g/mol. The summed E-state index contributed by atoms with van der Waals surface area (Å²) in [5.41, 5.74) is 0.686. The van der Waals surface area contributed by atoms with Crippen LogP contribution >= 0.6 is 11.3 Å². The van der Waals surface area contributed by atoms with Crippen LogP contribution in [0.2, 0.25) is 0 Å². The van der Waals surface area contributed by atoms with Gasteiger partial charge in [-0.2, -0.15) is 0 Å². The molecule has 0 fully saturated rings. The standard InChI is InChI=1S/C23H34N4O4S/c1-14(2)27(15(3)4)11-10-16(5)24-22(29)18-13-32-23(25-18)26-21(28)17-8-9-19(30-6)20(12-17)31-7/h8-9,12-16H,10-11H2,1-7H3,(H,24,29)(H,25,26,28). The van der Waals surface area contributed by atoms with Crippen LogP contribution in [0.5, 0.6) is 11.5 Å². The molecule has 0 saturated heterocycles. The molecule has 1 unspecified atom stereocenters. The SMILES string of the molecule is COc1ccc(C(=O)Nc2nc(C(=O)NC(C)CCN(C(C)C)C(C)C)cs2)cc1OC. The number of carbonyl (C=O) groups excluding carboxylic acids is 2. The predicted molar refractivity (Wildman–Crippen MR) is 128 cm³/mol. The minimum atomic E-state index is -0.344. The Kier molecular flexibility index (Phi) is 9.46. The highest BCUT2D eigenvalue weighted by molar-refractivity contribution is 7.14. The molecule has 2 amide bonds. The Morgan fingerprint density at radius 2 is 1.69 bits per heavy atom. The summed E-state index contributed by atoms with van der Waals surface area (Å²) in [4.78, 5) is 31.8. The van der Waals surface area contributed by atoms with E-state index in [0.29, 0.717) is 34.3 Å². The number of carbonyl (C=O) groups is 2. The third-order valence-electron chi connectivity index (χ3n) is 5.13. The maximum Gasteiger partial charge on any atom is 0.271 e. The average molecular weight is 463 g/mol. The van der Waals surface area contributed by atoms with Gasteiger partial charge in [-0.05, 0) is 59.2 Å². The van der Waals surface area contributed by atoms with Crippen molar-refractivity contribution >= 4 is 28.3 Å². The average Bonchev–Trinajstić information content (AvgIpc) is 3.21. The molecule has 32 heavy (non-hydrogen) atoms. The molecule has 2 rings (SSSR count). The van der Waals surface area contributed by atoms with Gasteiger partial charge < -0.3 is 14.8 Å². The van der Waals surface area contributed by atoms with Crippen molar-refractivity contribution < 1.29 is 19.1 Å². The van der Waals surface area contributed by atoms with Crippen LogP contribution < -0.4 is 20.1 Å². The predicted octanol–water partition coefficient (Wildman–Crippen LogP) is 4.04. The largest absolute Gasteiger partial charge is 0.493 e. The summed E-state index contributed by atoms with van der Waals surface area (Å²) in [6.45, 7) is 11.6. The number of hydrogen-bond donors (Lipinski definition) is 2. The molecular weight excluding hydrogens is 428 g/mol. The van der Waals surface area contributed by atoms with E-state index in [4.69, 9.17) is 9.47 Å². The summed E-state index contributed by atoms with van der Waals surface area (Å²) in [6, 6.07) is 5.80. The normalized spacial score (nSPS) is 12.2. The fourth-order valence-corrected chi connectivity index (χ4v) is 4.09. The molecule has 9 heteroatoms. The van der Waals surface area contributed by atoms with Crippen molar-refractivity contribution in [2.24, 2.45) is 0 Å². The third-order valence-corrected chi connectivity index (χ3v) is 5.89. The van der Waals surface area contributed by atoms with E-state index in [1.165, 1.54) is 25.6 Å². The molecule has 0 aliphatic carbocycles. The van der Waals surface area contributed by atoms with Gasteiger partial charge in [-0.1, -0.05) is 0 Å².